The van der Waals surface area contributed by atoms with Gasteiger partial charge in [0, 0.05) is 21.2 Å². The second kappa shape index (κ2) is 11.0. The highest BCUT2D eigenvalue weighted by Gasteiger charge is 2.34. The number of rotatable bonds is 7. The van der Waals surface area contributed by atoms with Crippen molar-refractivity contribution in [1.82, 2.24) is 19.7 Å². The first kappa shape index (κ1) is 26.8. The molecular formula is C27H38N6O3Si. The van der Waals surface area contributed by atoms with E-state index in [-0.39, 0.29) is 12.8 Å². The van der Waals surface area contributed by atoms with E-state index < -0.39 is 19.9 Å². The molecule has 10 heteroatoms. The third-order valence-electron chi connectivity index (χ3n) is 6.90. The lowest BCUT2D eigenvalue weighted by Gasteiger charge is -2.38. The molecule has 3 N–H and O–H groups in total. The molecule has 1 fully saturated rings. The smallest absolute Gasteiger partial charge is 0.314 e. The minimum absolute atomic E-state index is 0.134. The van der Waals surface area contributed by atoms with Gasteiger partial charge in [-0.25, -0.2) is 9.67 Å². The van der Waals surface area contributed by atoms with E-state index in [4.69, 9.17) is 10.5 Å². The third-order valence-corrected chi connectivity index (χ3v) is 8.60. The fourth-order valence-electron chi connectivity index (χ4n) is 4.66. The summed E-state index contributed by atoms with van der Waals surface area (Å²) in [4.78, 5) is 32.6. The second-order valence-electron chi connectivity index (χ2n) is 11.3. The molecule has 0 spiro atoms. The normalized spacial score (nSPS) is 18.2. The number of hydrogen-bond donors (Lipinski definition) is 2. The number of ether oxygens (including phenoxy) is 1. The lowest BCUT2D eigenvalue weighted by atomic mass is 9.89. The molecule has 198 valence electrons. The summed E-state index contributed by atoms with van der Waals surface area (Å²) in [6.07, 6.45) is 4.90. The Hall–Kier alpha value is -3.24. The van der Waals surface area contributed by atoms with Gasteiger partial charge in [-0.15, -0.1) is 0 Å². The van der Waals surface area contributed by atoms with Crippen LogP contribution in [0, 0.1) is 12.8 Å². The summed E-state index contributed by atoms with van der Waals surface area (Å²) in [5.41, 5.74) is 9.25. The number of aromatic nitrogens is 3. The number of nitrogen functional groups attached to an aromatic ring is 1. The molecule has 3 heterocycles. The molecular weight excluding hydrogens is 484 g/mol. The van der Waals surface area contributed by atoms with E-state index >= 15 is 0 Å². The van der Waals surface area contributed by atoms with Crippen LogP contribution in [0.25, 0.3) is 10.9 Å². The first-order valence-corrected chi connectivity index (χ1v) is 16.6. The molecule has 4 rings (SSSR count). The van der Waals surface area contributed by atoms with Gasteiger partial charge in [-0.05, 0) is 37.3 Å². The van der Waals surface area contributed by atoms with Gasteiger partial charge in [-0.3, -0.25) is 9.59 Å². The van der Waals surface area contributed by atoms with Crippen LogP contribution < -0.4 is 11.1 Å². The van der Waals surface area contributed by atoms with Crippen LogP contribution in [0.3, 0.4) is 0 Å². The fraction of sp³-hybridized carbons (Fsp3) is 0.481. The van der Waals surface area contributed by atoms with Crippen molar-refractivity contribution in [3.63, 3.8) is 0 Å². The van der Waals surface area contributed by atoms with Gasteiger partial charge in [0.15, 0.2) is 0 Å². The fourth-order valence-corrected chi connectivity index (χ4v) is 5.42. The summed E-state index contributed by atoms with van der Waals surface area (Å²) >= 11 is 0. The number of nitrogens with two attached hydrogens (primary N) is 1. The van der Waals surface area contributed by atoms with Crippen molar-refractivity contribution in [3.05, 3.63) is 47.8 Å². The molecule has 2 atom stereocenters. The number of carbonyl (C=O) groups excluding carboxylic acids is 2. The zero-order valence-corrected chi connectivity index (χ0v) is 23.5. The van der Waals surface area contributed by atoms with E-state index in [0.717, 1.165) is 30.0 Å². The summed E-state index contributed by atoms with van der Waals surface area (Å²) in [7, 11) is -1.23. The number of aryl methyl sites for hydroxylation is 1. The van der Waals surface area contributed by atoms with E-state index in [1.165, 1.54) is 6.20 Å². The lowest BCUT2D eigenvalue weighted by molar-refractivity contribution is -0.146. The summed E-state index contributed by atoms with van der Waals surface area (Å²) in [5, 5.41) is 7.79. The van der Waals surface area contributed by atoms with Crippen molar-refractivity contribution < 1.29 is 14.3 Å². The van der Waals surface area contributed by atoms with Crippen molar-refractivity contribution >= 4 is 42.3 Å². The highest BCUT2D eigenvalue weighted by atomic mass is 28.3. The third kappa shape index (κ3) is 6.37. The highest BCUT2D eigenvalue weighted by Crippen LogP contribution is 2.34. The number of hydrogen-bond acceptors (Lipinski definition) is 6. The molecule has 0 aliphatic carbocycles. The van der Waals surface area contributed by atoms with Crippen LogP contribution in [0.1, 0.15) is 36.9 Å². The molecule has 1 aliphatic rings. The van der Waals surface area contributed by atoms with Gasteiger partial charge in [0.05, 0.1) is 35.0 Å². The van der Waals surface area contributed by atoms with Gasteiger partial charge >= 0.3 is 11.8 Å². The summed E-state index contributed by atoms with van der Waals surface area (Å²) in [6, 6.07) is 9.07. The number of pyridine rings is 1. The zero-order valence-electron chi connectivity index (χ0n) is 22.5. The van der Waals surface area contributed by atoms with E-state index in [1.54, 1.807) is 15.8 Å². The highest BCUT2D eigenvalue weighted by molar-refractivity contribution is 6.76. The van der Waals surface area contributed by atoms with Crippen LogP contribution in [0.4, 0.5) is 11.5 Å². The molecule has 0 bridgehead atoms. The first-order chi connectivity index (χ1) is 17.5. The van der Waals surface area contributed by atoms with Crippen molar-refractivity contribution in [1.29, 1.82) is 0 Å². The molecule has 0 unspecified atom stereocenters. The van der Waals surface area contributed by atoms with Crippen molar-refractivity contribution in [3.8, 4) is 0 Å². The number of nitrogens with one attached hydrogen (secondary N) is 1. The minimum atomic E-state index is -1.23. The van der Waals surface area contributed by atoms with E-state index in [2.05, 4.69) is 42.0 Å². The molecule has 1 saturated heterocycles. The molecule has 9 nitrogen and oxygen atoms in total. The molecule has 3 aromatic rings. The predicted octanol–water partition coefficient (Wildman–Crippen LogP) is 4.57. The number of fused-ring (bicyclic) bond motifs is 1. The number of likely N-dealkylation sites (tertiary alicyclic amines) is 1. The maximum atomic E-state index is 13.5. The number of nitrogens with zero attached hydrogens (tertiary/aromatic N) is 4. The SMILES string of the molecule is Cc1ccc([C@H]2CC[C@H](C)CN2C(=O)C(=O)Nc2cnc(N)c3cnn(COCC[Si](C)(C)C)c23)cc1. The molecule has 0 saturated carbocycles. The molecule has 37 heavy (non-hydrogen) atoms. The topological polar surface area (TPSA) is 115 Å². The van der Waals surface area contributed by atoms with Crippen LogP contribution in [-0.2, 0) is 21.1 Å². The van der Waals surface area contributed by atoms with Crippen LogP contribution in [0.15, 0.2) is 36.7 Å². The first-order valence-electron chi connectivity index (χ1n) is 12.9. The Morgan fingerprint density at radius 2 is 1.89 bits per heavy atom. The van der Waals surface area contributed by atoms with E-state index in [0.29, 0.717) is 41.5 Å². The second-order valence-corrected chi connectivity index (χ2v) is 17.0. The number of piperidine rings is 1. The molecule has 2 amide bonds. The summed E-state index contributed by atoms with van der Waals surface area (Å²) in [6.45, 7) is 12.4. The standard InChI is InChI=1S/C27H38N6O3Si/c1-18-6-9-20(10-7-18)23-11-8-19(2)16-32(23)27(35)26(34)31-22-15-29-25(28)21-14-30-33(24(21)22)17-36-12-13-37(3,4)5/h6-7,9-10,14-15,19,23H,8,11-13,16-17H2,1-5H3,(H2,28,29)(H,31,34)/t19-,23+/m0/s1. The van der Waals surface area contributed by atoms with Crippen molar-refractivity contribution in [2.75, 3.05) is 24.2 Å². The summed E-state index contributed by atoms with van der Waals surface area (Å²) < 4.78 is 7.52. The van der Waals surface area contributed by atoms with Gasteiger partial charge in [0.1, 0.15) is 12.5 Å². The van der Waals surface area contributed by atoms with Gasteiger partial charge in [0.2, 0.25) is 0 Å². The van der Waals surface area contributed by atoms with Gasteiger partial charge in [0.25, 0.3) is 0 Å². The van der Waals surface area contributed by atoms with Crippen molar-refractivity contribution in [2.45, 2.75) is 65.1 Å². The Morgan fingerprint density at radius 3 is 2.59 bits per heavy atom. The number of amides is 2. The average Bonchev–Trinajstić information content (AvgIpc) is 3.28. The molecule has 1 aliphatic heterocycles. The maximum Gasteiger partial charge on any atom is 0.314 e. The zero-order chi connectivity index (χ0) is 26.7. The Morgan fingerprint density at radius 1 is 1.16 bits per heavy atom. The van der Waals surface area contributed by atoms with E-state index in [1.807, 2.05) is 31.2 Å². The van der Waals surface area contributed by atoms with Gasteiger partial charge in [-0.1, -0.05) is 56.4 Å². The Kier molecular flexibility index (Phi) is 7.98. The lowest BCUT2D eigenvalue weighted by Crippen LogP contribution is -2.46. The molecule has 2 aromatic heterocycles. The molecule has 1 aromatic carbocycles. The Labute approximate surface area is 219 Å². The Bertz CT molecular complexity index is 1270. The predicted molar refractivity (Wildman–Crippen MR) is 149 cm³/mol. The number of anilines is 2. The maximum absolute atomic E-state index is 13.5. The van der Waals surface area contributed by atoms with Crippen LogP contribution in [0.5, 0.6) is 0 Å². The Balaban J connectivity index is 1.54. The average molecular weight is 523 g/mol. The monoisotopic (exact) mass is 522 g/mol. The van der Waals surface area contributed by atoms with Crippen LogP contribution in [-0.4, -0.2) is 52.7 Å². The van der Waals surface area contributed by atoms with Gasteiger partial charge in [-0.2, -0.15) is 5.10 Å². The number of carbonyl (C=O) groups is 2. The molecule has 0 radical (unpaired) electrons. The summed E-state index contributed by atoms with van der Waals surface area (Å²) in [5.74, 6) is -0.638. The van der Waals surface area contributed by atoms with Crippen molar-refractivity contribution in [2.24, 2.45) is 5.92 Å². The van der Waals surface area contributed by atoms with E-state index in [9.17, 15) is 9.59 Å². The van der Waals surface area contributed by atoms with Crippen LogP contribution in [0.2, 0.25) is 25.7 Å². The van der Waals surface area contributed by atoms with Crippen LogP contribution >= 0.6 is 0 Å². The quantitative estimate of drug-likeness (QED) is 0.267. The number of benzene rings is 1. The largest absolute Gasteiger partial charge is 0.383 e. The minimum Gasteiger partial charge on any atom is -0.383 e. The van der Waals surface area contributed by atoms with Gasteiger partial charge < -0.3 is 20.7 Å².